The van der Waals surface area contributed by atoms with Crippen LogP contribution in [-0.4, -0.2) is 12.6 Å². The monoisotopic (exact) mass is 223 g/mol. The van der Waals surface area contributed by atoms with Crippen molar-refractivity contribution in [1.29, 1.82) is 0 Å². The molecule has 2 N–H and O–H groups in total. The number of carbonyl (C=O) groups excluding carboxylic acids is 1. The zero-order valence-electron chi connectivity index (χ0n) is 9.07. The van der Waals surface area contributed by atoms with Crippen LogP contribution >= 0.6 is 0 Å². The molecule has 4 heteroatoms. The smallest absolute Gasteiger partial charge is 0.309 e. The van der Waals surface area contributed by atoms with E-state index in [1.54, 1.807) is 25.1 Å². The van der Waals surface area contributed by atoms with Crippen LogP contribution in [0.1, 0.15) is 18.9 Å². The van der Waals surface area contributed by atoms with E-state index in [2.05, 4.69) is 0 Å². The van der Waals surface area contributed by atoms with E-state index in [1.807, 2.05) is 0 Å². The first-order valence-electron chi connectivity index (χ1n) is 5.01. The van der Waals surface area contributed by atoms with Gasteiger partial charge in [-0.3, -0.25) is 4.79 Å². The maximum absolute atomic E-state index is 13.4. The number of hydrogen-bond donors (Lipinski definition) is 1. The molecule has 0 atom stereocenters. The second kappa shape index (κ2) is 5.90. The third-order valence-corrected chi connectivity index (χ3v) is 1.95. The molecule has 0 saturated carbocycles. The lowest BCUT2D eigenvalue weighted by molar-refractivity contribution is -0.142. The van der Waals surface area contributed by atoms with E-state index in [4.69, 9.17) is 10.5 Å². The molecule has 0 spiro atoms. The maximum Gasteiger partial charge on any atom is 0.309 e. The Kier molecular flexibility index (Phi) is 4.51. The van der Waals surface area contributed by atoms with Crippen LogP contribution < -0.4 is 5.73 Å². The predicted molar refractivity (Wildman–Crippen MR) is 61.1 cm³/mol. The third-order valence-electron chi connectivity index (χ3n) is 1.95. The fourth-order valence-electron chi connectivity index (χ4n) is 1.20. The van der Waals surface area contributed by atoms with Crippen LogP contribution in [0.25, 0.3) is 6.08 Å². The number of ether oxygens (including phenoxy) is 1. The van der Waals surface area contributed by atoms with Crippen LogP contribution in [-0.2, 0) is 9.53 Å². The lowest BCUT2D eigenvalue weighted by atomic mass is 10.1. The van der Waals surface area contributed by atoms with Crippen molar-refractivity contribution in [1.82, 2.24) is 0 Å². The molecule has 0 radical (unpaired) electrons. The number of rotatable bonds is 4. The predicted octanol–water partition coefficient (Wildman–Crippen LogP) is 2.37. The summed E-state index contributed by atoms with van der Waals surface area (Å²) in [6.07, 6.45) is 3.19. The second-order valence-corrected chi connectivity index (χ2v) is 3.16. The number of carbonyl (C=O) groups is 1. The first kappa shape index (κ1) is 12.2. The first-order valence-corrected chi connectivity index (χ1v) is 5.01. The Morgan fingerprint density at radius 1 is 1.56 bits per heavy atom. The normalized spacial score (nSPS) is 10.6. The van der Waals surface area contributed by atoms with E-state index in [1.165, 1.54) is 12.1 Å². The van der Waals surface area contributed by atoms with Gasteiger partial charge in [-0.25, -0.2) is 4.39 Å². The molecule has 0 aliphatic carbocycles. The summed E-state index contributed by atoms with van der Waals surface area (Å²) in [6, 6.07) is 4.73. The van der Waals surface area contributed by atoms with Gasteiger partial charge < -0.3 is 10.5 Å². The van der Waals surface area contributed by atoms with Crippen LogP contribution in [0.15, 0.2) is 24.3 Å². The zero-order chi connectivity index (χ0) is 12.0. The minimum absolute atomic E-state index is 0.0956. The number of anilines is 1. The summed E-state index contributed by atoms with van der Waals surface area (Å²) < 4.78 is 18.1. The van der Waals surface area contributed by atoms with E-state index in [9.17, 15) is 9.18 Å². The lowest BCUT2D eigenvalue weighted by Gasteiger charge is -2.00. The van der Waals surface area contributed by atoms with Crippen LogP contribution in [0.4, 0.5) is 10.1 Å². The summed E-state index contributed by atoms with van der Waals surface area (Å²) in [5.74, 6) is -0.800. The van der Waals surface area contributed by atoms with Gasteiger partial charge in [0.2, 0.25) is 0 Å². The van der Waals surface area contributed by atoms with Gasteiger partial charge in [0, 0.05) is 5.56 Å². The van der Waals surface area contributed by atoms with Crippen molar-refractivity contribution in [3.05, 3.63) is 35.7 Å². The van der Waals surface area contributed by atoms with Gasteiger partial charge in [-0.1, -0.05) is 24.3 Å². The van der Waals surface area contributed by atoms with Gasteiger partial charge in [-0.05, 0) is 13.0 Å². The quantitative estimate of drug-likeness (QED) is 0.629. The standard InChI is InChI=1S/C12H14FNO2/c1-2-16-11(15)8-4-6-9-5-3-7-10(14)12(9)13/h3-7H,2,8,14H2,1H3. The Labute approximate surface area is 93.7 Å². The van der Waals surface area contributed by atoms with Crippen molar-refractivity contribution in [2.75, 3.05) is 12.3 Å². The van der Waals surface area contributed by atoms with E-state index < -0.39 is 5.82 Å². The number of benzene rings is 1. The highest BCUT2D eigenvalue weighted by atomic mass is 19.1. The SMILES string of the molecule is CCOC(=O)CC=Cc1cccc(N)c1F. The number of halogens is 1. The summed E-state index contributed by atoms with van der Waals surface area (Å²) in [7, 11) is 0. The molecule has 3 nitrogen and oxygen atoms in total. The third kappa shape index (κ3) is 3.38. The summed E-state index contributed by atoms with van der Waals surface area (Å²) in [5.41, 5.74) is 5.86. The summed E-state index contributed by atoms with van der Waals surface area (Å²) in [5, 5.41) is 0. The molecule has 0 fully saturated rings. The summed E-state index contributed by atoms with van der Waals surface area (Å²) in [6.45, 7) is 2.08. The first-order chi connectivity index (χ1) is 7.65. The van der Waals surface area contributed by atoms with E-state index in [0.717, 1.165) is 0 Å². The molecule has 0 bridgehead atoms. The maximum atomic E-state index is 13.4. The summed E-state index contributed by atoms with van der Waals surface area (Å²) in [4.78, 5) is 11.0. The largest absolute Gasteiger partial charge is 0.466 e. The second-order valence-electron chi connectivity index (χ2n) is 3.16. The van der Waals surface area contributed by atoms with Gasteiger partial charge in [-0.15, -0.1) is 0 Å². The van der Waals surface area contributed by atoms with Crippen LogP contribution in [0, 0.1) is 5.82 Å². The van der Waals surface area contributed by atoms with E-state index >= 15 is 0 Å². The molecule has 0 saturated heterocycles. The molecule has 1 aromatic carbocycles. The van der Waals surface area contributed by atoms with Crippen molar-refractivity contribution < 1.29 is 13.9 Å². The van der Waals surface area contributed by atoms with Gasteiger partial charge in [0.05, 0.1) is 18.7 Å². The molecule has 0 aliphatic rings. The van der Waals surface area contributed by atoms with Gasteiger partial charge in [0.25, 0.3) is 0 Å². The highest BCUT2D eigenvalue weighted by Gasteiger charge is 2.02. The van der Waals surface area contributed by atoms with Gasteiger partial charge in [-0.2, -0.15) is 0 Å². The van der Waals surface area contributed by atoms with Gasteiger partial charge in [0.1, 0.15) is 0 Å². The fourth-order valence-corrected chi connectivity index (χ4v) is 1.20. The Morgan fingerprint density at radius 3 is 3.00 bits per heavy atom. The van der Waals surface area contributed by atoms with Crippen molar-refractivity contribution in [3.63, 3.8) is 0 Å². The summed E-state index contributed by atoms with van der Waals surface area (Å²) >= 11 is 0. The topological polar surface area (TPSA) is 52.3 Å². The van der Waals surface area contributed by atoms with Crippen LogP contribution in [0.2, 0.25) is 0 Å². The Hall–Kier alpha value is -1.84. The highest BCUT2D eigenvalue weighted by molar-refractivity contribution is 5.72. The van der Waals surface area contributed by atoms with Crippen molar-refractivity contribution in [2.45, 2.75) is 13.3 Å². The van der Waals surface area contributed by atoms with Crippen molar-refractivity contribution in [2.24, 2.45) is 0 Å². The molecule has 0 heterocycles. The minimum Gasteiger partial charge on any atom is -0.466 e. The number of nitrogen functional groups attached to an aromatic ring is 1. The average Bonchev–Trinajstić information content (AvgIpc) is 2.25. The van der Waals surface area contributed by atoms with Crippen molar-refractivity contribution in [3.8, 4) is 0 Å². The molecule has 0 aromatic heterocycles. The van der Waals surface area contributed by atoms with E-state index in [-0.39, 0.29) is 18.1 Å². The van der Waals surface area contributed by atoms with Crippen LogP contribution in [0.3, 0.4) is 0 Å². The molecular formula is C12H14FNO2. The number of nitrogens with two attached hydrogens (primary N) is 1. The number of esters is 1. The molecule has 86 valence electrons. The molecular weight excluding hydrogens is 209 g/mol. The molecule has 0 aliphatic heterocycles. The van der Waals surface area contributed by atoms with Gasteiger partial charge >= 0.3 is 5.97 Å². The molecule has 1 rings (SSSR count). The molecule has 0 amide bonds. The average molecular weight is 223 g/mol. The Bertz CT molecular complexity index is 402. The molecule has 1 aromatic rings. The molecule has 0 unspecified atom stereocenters. The minimum atomic E-state index is -0.470. The fraction of sp³-hybridized carbons (Fsp3) is 0.250. The Morgan fingerprint density at radius 2 is 2.31 bits per heavy atom. The van der Waals surface area contributed by atoms with E-state index in [0.29, 0.717) is 12.2 Å². The lowest BCUT2D eigenvalue weighted by Crippen LogP contribution is -2.01. The highest BCUT2D eigenvalue weighted by Crippen LogP contribution is 2.15. The van der Waals surface area contributed by atoms with Crippen molar-refractivity contribution >= 4 is 17.7 Å². The number of hydrogen-bond acceptors (Lipinski definition) is 3. The molecule has 16 heavy (non-hydrogen) atoms. The van der Waals surface area contributed by atoms with Gasteiger partial charge in [0.15, 0.2) is 5.82 Å². The van der Waals surface area contributed by atoms with Crippen LogP contribution in [0.5, 0.6) is 0 Å². The zero-order valence-corrected chi connectivity index (χ0v) is 9.07. The Balaban J connectivity index is 2.63.